The molecule has 0 aromatic heterocycles. The van der Waals surface area contributed by atoms with Crippen LogP contribution in [0.4, 0.5) is 0 Å². The summed E-state index contributed by atoms with van der Waals surface area (Å²) >= 11 is 0. The summed E-state index contributed by atoms with van der Waals surface area (Å²) in [5.41, 5.74) is 0. The zero-order chi connectivity index (χ0) is 11.9. The number of ether oxygens (including phenoxy) is 4. The minimum absolute atomic E-state index is 0.431. The van der Waals surface area contributed by atoms with E-state index in [9.17, 15) is 0 Å². The van der Waals surface area contributed by atoms with Gasteiger partial charge in [0.05, 0.1) is 58.7 Å². The minimum atomic E-state index is 0.431. The lowest BCUT2D eigenvalue weighted by molar-refractivity contribution is 0.000116. The molecule has 0 fully saturated rings. The van der Waals surface area contributed by atoms with Crippen molar-refractivity contribution in [3.8, 4) is 6.07 Å². The number of rotatable bonds is 12. The Morgan fingerprint density at radius 3 is 1.62 bits per heavy atom. The van der Waals surface area contributed by atoms with Crippen molar-refractivity contribution in [1.29, 1.82) is 5.26 Å². The van der Waals surface area contributed by atoms with E-state index in [2.05, 4.69) is 0 Å². The van der Waals surface area contributed by atoms with Crippen LogP contribution >= 0.6 is 0 Å². The molecule has 16 heavy (non-hydrogen) atoms. The van der Waals surface area contributed by atoms with Gasteiger partial charge in [0.25, 0.3) is 0 Å². The second-order valence-corrected chi connectivity index (χ2v) is 2.94. The second-order valence-electron chi connectivity index (χ2n) is 2.94. The number of nitriles is 1. The first-order chi connectivity index (χ1) is 7.91. The van der Waals surface area contributed by atoms with Crippen LogP contribution in [0.25, 0.3) is 0 Å². The summed E-state index contributed by atoms with van der Waals surface area (Å²) < 4.78 is 20.7. The lowest BCUT2D eigenvalue weighted by Gasteiger charge is -2.06. The fourth-order valence-corrected chi connectivity index (χ4v) is 0.922. The van der Waals surface area contributed by atoms with E-state index in [0.717, 1.165) is 6.61 Å². The molecule has 0 amide bonds. The van der Waals surface area contributed by atoms with Crippen molar-refractivity contribution in [1.82, 2.24) is 0 Å². The quantitative estimate of drug-likeness (QED) is 0.469. The zero-order valence-electron chi connectivity index (χ0n) is 9.94. The molecular weight excluding hydrogens is 210 g/mol. The first-order valence-electron chi connectivity index (χ1n) is 5.59. The SMILES string of the molecule is CCOCCOCCOCCOCCC#N. The van der Waals surface area contributed by atoms with Crippen LogP contribution in [0.2, 0.25) is 0 Å². The van der Waals surface area contributed by atoms with Gasteiger partial charge in [-0.2, -0.15) is 5.26 Å². The van der Waals surface area contributed by atoms with Crippen molar-refractivity contribution >= 4 is 0 Å². The van der Waals surface area contributed by atoms with Crippen molar-refractivity contribution in [3.05, 3.63) is 0 Å². The lowest BCUT2D eigenvalue weighted by Crippen LogP contribution is -2.11. The van der Waals surface area contributed by atoms with E-state index in [1.807, 2.05) is 13.0 Å². The Bertz CT molecular complexity index is 170. The smallest absolute Gasteiger partial charge is 0.0701 e. The van der Waals surface area contributed by atoms with Crippen LogP contribution in [0.5, 0.6) is 0 Å². The van der Waals surface area contributed by atoms with Gasteiger partial charge in [0.1, 0.15) is 0 Å². The second kappa shape index (κ2) is 14.3. The summed E-state index contributed by atoms with van der Waals surface area (Å²) in [6.45, 7) is 6.60. The summed E-state index contributed by atoms with van der Waals surface area (Å²) in [6, 6.07) is 2.01. The molecular formula is C11H21NO4. The molecule has 0 heterocycles. The van der Waals surface area contributed by atoms with Crippen molar-refractivity contribution in [2.75, 3.05) is 52.9 Å². The van der Waals surface area contributed by atoms with Crippen molar-refractivity contribution < 1.29 is 18.9 Å². The number of hydrogen-bond donors (Lipinski definition) is 0. The Morgan fingerprint density at radius 2 is 1.19 bits per heavy atom. The van der Waals surface area contributed by atoms with Crippen molar-refractivity contribution in [2.24, 2.45) is 0 Å². The monoisotopic (exact) mass is 231 g/mol. The Kier molecular flexibility index (Phi) is 13.7. The van der Waals surface area contributed by atoms with Crippen molar-refractivity contribution in [2.45, 2.75) is 13.3 Å². The van der Waals surface area contributed by atoms with E-state index in [1.165, 1.54) is 0 Å². The van der Waals surface area contributed by atoms with E-state index in [4.69, 9.17) is 24.2 Å². The highest BCUT2D eigenvalue weighted by Crippen LogP contribution is 1.83. The fraction of sp³-hybridized carbons (Fsp3) is 0.909. The average Bonchev–Trinajstić information content (AvgIpc) is 2.31. The standard InChI is InChI=1S/C11H21NO4/c1-2-13-6-7-15-10-11-16-9-8-14-5-3-4-12/h2-3,5-11H2,1H3. The van der Waals surface area contributed by atoms with E-state index in [1.54, 1.807) is 0 Å². The van der Waals surface area contributed by atoms with E-state index in [-0.39, 0.29) is 0 Å². The maximum atomic E-state index is 8.24. The van der Waals surface area contributed by atoms with Crippen molar-refractivity contribution in [3.63, 3.8) is 0 Å². The van der Waals surface area contributed by atoms with Crippen LogP contribution in [-0.4, -0.2) is 52.9 Å². The predicted molar refractivity (Wildman–Crippen MR) is 59.2 cm³/mol. The fourth-order valence-electron chi connectivity index (χ4n) is 0.922. The van der Waals surface area contributed by atoms with Gasteiger partial charge < -0.3 is 18.9 Å². The minimum Gasteiger partial charge on any atom is -0.379 e. The van der Waals surface area contributed by atoms with E-state index in [0.29, 0.717) is 52.7 Å². The number of nitrogens with zero attached hydrogens (tertiary/aromatic N) is 1. The molecule has 0 saturated heterocycles. The summed E-state index contributed by atoms with van der Waals surface area (Å²) in [5.74, 6) is 0. The Morgan fingerprint density at radius 1 is 0.750 bits per heavy atom. The molecule has 0 N–H and O–H groups in total. The molecule has 0 unspecified atom stereocenters. The van der Waals surface area contributed by atoms with Crippen LogP contribution in [0.1, 0.15) is 13.3 Å². The predicted octanol–water partition coefficient (Wildman–Crippen LogP) is 0.986. The van der Waals surface area contributed by atoms with Gasteiger partial charge in [0.15, 0.2) is 0 Å². The Hall–Kier alpha value is -0.670. The van der Waals surface area contributed by atoms with Crippen LogP contribution in [0.15, 0.2) is 0 Å². The van der Waals surface area contributed by atoms with Gasteiger partial charge in [-0.15, -0.1) is 0 Å². The third-order valence-corrected chi connectivity index (χ3v) is 1.68. The molecule has 0 rings (SSSR count). The Balaban J connectivity index is 2.86. The highest BCUT2D eigenvalue weighted by Gasteiger charge is 1.91. The van der Waals surface area contributed by atoms with Gasteiger partial charge >= 0.3 is 0 Å². The first kappa shape index (κ1) is 15.3. The molecule has 0 aromatic carbocycles. The molecule has 0 saturated carbocycles. The molecule has 0 aliphatic rings. The van der Waals surface area contributed by atoms with Crippen LogP contribution in [0, 0.1) is 11.3 Å². The van der Waals surface area contributed by atoms with Crippen LogP contribution < -0.4 is 0 Å². The largest absolute Gasteiger partial charge is 0.379 e. The summed E-state index contributed by atoms with van der Waals surface area (Å²) in [7, 11) is 0. The van der Waals surface area contributed by atoms with Gasteiger partial charge in [-0.25, -0.2) is 0 Å². The van der Waals surface area contributed by atoms with Gasteiger partial charge in [-0.3, -0.25) is 0 Å². The maximum absolute atomic E-state index is 8.24. The van der Waals surface area contributed by atoms with Gasteiger partial charge in [0.2, 0.25) is 0 Å². The van der Waals surface area contributed by atoms with E-state index < -0.39 is 0 Å². The van der Waals surface area contributed by atoms with Gasteiger partial charge in [-0.1, -0.05) is 0 Å². The molecule has 0 spiro atoms. The highest BCUT2D eigenvalue weighted by atomic mass is 16.6. The molecule has 5 nitrogen and oxygen atoms in total. The summed E-state index contributed by atoms with van der Waals surface area (Å²) in [6.07, 6.45) is 0.431. The van der Waals surface area contributed by atoms with Gasteiger partial charge in [-0.05, 0) is 6.92 Å². The normalized spacial score (nSPS) is 10.2. The maximum Gasteiger partial charge on any atom is 0.0701 e. The molecule has 0 bridgehead atoms. The molecule has 0 aliphatic heterocycles. The van der Waals surface area contributed by atoms with Gasteiger partial charge in [0, 0.05) is 6.61 Å². The van der Waals surface area contributed by atoms with Crippen LogP contribution in [-0.2, 0) is 18.9 Å². The van der Waals surface area contributed by atoms with Crippen LogP contribution in [0.3, 0.4) is 0 Å². The zero-order valence-corrected chi connectivity index (χ0v) is 9.94. The third kappa shape index (κ3) is 13.3. The molecule has 0 atom stereocenters. The molecule has 0 radical (unpaired) electrons. The number of hydrogen-bond acceptors (Lipinski definition) is 5. The van der Waals surface area contributed by atoms with E-state index >= 15 is 0 Å². The summed E-state index contributed by atoms with van der Waals surface area (Å²) in [4.78, 5) is 0. The summed E-state index contributed by atoms with van der Waals surface area (Å²) in [5, 5.41) is 8.24. The lowest BCUT2D eigenvalue weighted by atomic mass is 10.5. The third-order valence-electron chi connectivity index (χ3n) is 1.68. The molecule has 94 valence electrons. The molecule has 0 aromatic rings. The first-order valence-corrected chi connectivity index (χ1v) is 5.59. The molecule has 0 aliphatic carbocycles. The topological polar surface area (TPSA) is 60.7 Å². The Labute approximate surface area is 97.2 Å². The highest BCUT2D eigenvalue weighted by molar-refractivity contribution is 4.66. The average molecular weight is 231 g/mol. The molecule has 5 heteroatoms.